The van der Waals surface area contributed by atoms with Crippen molar-refractivity contribution in [3.63, 3.8) is 0 Å². The Kier molecular flexibility index (Phi) is 4.49. The van der Waals surface area contributed by atoms with Crippen LogP contribution in [0.5, 0.6) is 5.75 Å². The van der Waals surface area contributed by atoms with Gasteiger partial charge in [0.2, 0.25) is 0 Å². The third-order valence-electron chi connectivity index (χ3n) is 4.20. The van der Waals surface area contributed by atoms with E-state index in [1.54, 1.807) is 25.0 Å². The van der Waals surface area contributed by atoms with Crippen LogP contribution in [0.4, 0.5) is 0 Å². The number of aliphatic hydroxyl groups excluding tert-OH is 1. The lowest BCUT2D eigenvalue weighted by Crippen LogP contribution is -2.32. The van der Waals surface area contributed by atoms with E-state index in [1.807, 2.05) is 31.2 Å². The molecule has 24 heavy (non-hydrogen) atoms. The first-order chi connectivity index (χ1) is 11.5. The molecule has 1 aliphatic heterocycles. The zero-order valence-corrected chi connectivity index (χ0v) is 14.1. The fourth-order valence-corrected chi connectivity index (χ4v) is 3.18. The Morgan fingerprint density at radius 3 is 2.79 bits per heavy atom. The van der Waals surface area contributed by atoms with Crippen LogP contribution in [0.15, 0.2) is 30.3 Å². The van der Waals surface area contributed by atoms with Crippen molar-refractivity contribution in [1.29, 1.82) is 0 Å². The molecule has 0 radical (unpaired) electrons. The van der Waals surface area contributed by atoms with E-state index in [1.165, 1.54) is 0 Å². The minimum Gasteiger partial charge on any atom is -0.497 e. The Morgan fingerprint density at radius 2 is 2.08 bits per heavy atom. The number of carbonyl (C=O) groups is 1. The number of carbonyl (C=O) groups excluding carboxylic acids is 1. The molecule has 2 atom stereocenters. The number of nitrogens with zero attached hydrogens (tertiary/aromatic N) is 3. The van der Waals surface area contributed by atoms with Crippen molar-refractivity contribution < 1.29 is 14.6 Å². The van der Waals surface area contributed by atoms with E-state index >= 15 is 0 Å². The molecule has 0 unspecified atom stereocenters. The maximum absolute atomic E-state index is 12.9. The molecule has 2 aromatic rings. The maximum Gasteiger partial charge on any atom is 0.273 e. The molecular weight excluding hydrogens is 306 g/mol. The number of amides is 1. The van der Waals surface area contributed by atoms with Gasteiger partial charge in [0.25, 0.3) is 5.91 Å². The fraction of sp³-hybridized carbons (Fsp3) is 0.389. The number of β-amino-alcohol motifs (C(OH)–C–C–N with tert-alkyl or cyclic N) is 1. The Hall–Kier alpha value is -2.47. The number of hydrogen-bond acceptors (Lipinski definition) is 5. The molecule has 0 spiro atoms. The van der Waals surface area contributed by atoms with E-state index in [0.29, 0.717) is 24.5 Å². The Labute approximate surface area is 141 Å². The summed E-state index contributed by atoms with van der Waals surface area (Å²) < 4.78 is 5.27. The molecule has 1 N–H and O–H groups in total. The molecular formula is C18H21N3O3. The number of aryl methyl sites for hydroxylation is 2. The molecule has 0 bridgehead atoms. The SMILES string of the molecule is COc1cccc([C@H]2C[C@@H](O)CN2C(=O)c2cc(C)nc(C)n2)c1. The average molecular weight is 327 g/mol. The first-order valence-electron chi connectivity index (χ1n) is 7.93. The number of aliphatic hydroxyl groups is 1. The van der Waals surface area contributed by atoms with E-state index in [2.05, 4.69) is 9.97 Å². The first kappa shape index (κ1) is 16.4. The Balaban J connectivity index is 1.93. The van der Waals surface area contributed by atoms with Gasteiger partial charge in [-0.1, -0.05) is 12.1 Å². The van der Waals surface area contributed by atoms with Gasteiger partial charge in [0.15, 0.2) is 0 Å². The zero-order valence-electron chi connectivity index (χ0n) is 14.1. The zero-order chi connectivity index (χ0) is 17.3. The van der Waals surface area contributed by atoms with Crippen molar-refractivity contribution in [2.24, 2.45) is 0 Å². The van der Waals surface area contributed by atoms with Gasteiger partial charge in [0.05, 0.1) is 19.3 Å². The number of ether oxygens (including phenoxy) is 1. The second-order valence-corrected chi connectivity index (χ2v) is 6.08. The topological polar surface area (TPSA) is 75.6 Å². The Bertz CT molecular complexity index is 743. The minimum absolute atomic E-state index is 0.187. The quantitative estimate of drug-likeness (QED) is 0.934. The van der Waals surface area contributed by atoms with Crippen LogP contribution in [-0.2, 0) is 0 Å². The second kappa shape index (κ2) is 6.57. The number of benzene rings is 1. The largest absolute Gasteiger partial charge is 0.497 e. The van der Waals surface area contributed by atoms with Gasteiger partial charge in [-0.05, 0) is 44.0 Å². The van der Waals surface area contributed by atoms with Crippen molar-refractivity contribution in [2.75, 3.05) is 13.7 Å². The van der Waals surface area contributed by atoms with Crippen LogP contribution in [0.3, 0.4) is 0 Å². The molecule has 0 saturated carbocycles. The van der Waals surface area contributed by atoms with Gasteiger partial charge in [-0.25, -0.2) is 9.97 Å². The number of likely N-dealkylation sites (tertiary alicyclic amines) is 1. The van der Waals surface area contributed by atoms with Gasteiger partial charge in [0, 0.05) is 12.2 Å². The lowest BCUT2D eigenvalue weighted by molar-refractivity contribution is 0.0709. The molecule has 1 saturated heterocycles. The summed E-state index contributed by atoms with van der Waals surface area (Å²) in [4.78, 5) is 23.1. The van der Waals surface area contributed by atoms with E-state index in [-0.39, 0.29) is 11.9 Å². The summed E-state index contributed by atoms with van der Waals surface area (Å²) in [7, 11) is 1.61. The van der Waals surface area contributed by atoms with Gasteiger partial charge in [0.1, 0.15) is 17.3 Å². The molecule has 1 aromatic heterocycles. The van der Waals surface area contributed by atoms with Crippen molar-refractivity contribution in [1.82, 2.24) is 14.9 Å². The third kappa shape index (κ3) is 3.23. The minimum atomic E-state index is -0.547. The van der Waals surface area contributed by atoms with Crippen LogP contribution >= 0.6 is 0 Å². The molecule has 3 rings (SSSR count). The monoisotopic (exact) mass is 327 g/mol. The summed E-state index contributed by atoms with van der Waals surface area (Å²) >= 11 is 0. The number of aromatic nitrogens is 2. The lowest BCUT2D eigenvalue weighted by atomic mass is 10.0. The summed E-state index contributed by atoms with van der Waals surface area (Å²) in [5, 5.41) is 10.1. The van der Waals surface area contributed by atoms with E-state index < -0.39 is 6.10 Å². The summed E-state index contributed by atoms with van der Waals surface area (Å²) in [5.41, 5.74) is 2.06. The highest BCUT2D eigenvalue weighted by Gasteiger charge is 2.36. The van der Waals surface area contributed by atoms with E-state index in [0.717, 1.165) is 17.0 Å². The third-order valence-corrected chi connectivity index (χ3v) is 4.20. The number of methoxy groups -OCH3 is 1. The summed E-state index contributed by atoms with van der Waals surface area (Å²) in [6.07, 6.45) is -0.0451. The molecule has 1 amide bonds. The standard InChI is InChI=1S/C18H21N3O3/c1-11-7-16(20-12(2)19-11)18(23)21-10-14(22)9-17(21)13-5-4-6-15(8-13)24-3/h4-8,14,17,22H,9-10H2,1-3H3/t14-,17-/m1/s1. The molecule has 6 nitrogen and oxygen atoms in total. The smallest absolute Gasteiger partial charge is 0.273 e. The number of rotatable bonds is 3. The molecule has 1 aliphatic rings. The molecule has 6 heteroatoms. The molecule has 126 valence electrons. The highest BCUT2D eigenvalue weighted by molar-refractivity contribution is 5.93. The molecule has 0 aliphatic carbocycles. The summed E-state index contributed by atoms with van der Waals surface area (Å²) in [6.45, 7) is 3.90. The van der Waals surface area contributed by atoms with Gasteiger partial charge in [-0.15, -0.1) is 0 Å². The predicted octanol–water partition coefficient (Wildman–Crippen LogP) is 2.05. The van der Waals surface area contributed by atoms with Crippen LogP contribution in [0.1, 0.15) is 40.0 Å². The average Bonchev–Trinajstić information content (AvgIpc) is 2.95. The molecule has 2 heterocycles. The normalized spacial score (nSPS) is 20.2. The lowest BCUT2D eigenvalue weighted by Gasteiger charge is -2.25. The van der Waals surface area contributed by atoms with Gasteiger partial charge < -0.3 is 14.7 Å². The molecule has 1 aromatic carbocycles. The van der Waals surface area contributed by atoms with Crippen LogP contribution in [0, 0.1) is 13.8 Å². The van der Waals surface area contributed by atoms with Gasteiger partial charge in [-0.2, -0.15) is 0 Å². The summed E-state index contributed by atoms with van der Waals surface area (Å²) in [5.74, 6) is 1.11. The van der Waals surface area contributed by atoms with Crippen LogP contribution in [0.2, 0.25) is 0 Å². The molecule has 1 fully saturated rings. The van der Waals surface area contributed by atoms with Crippen molar-refractivity contribution in [2.45, 2.75) is 32.4 Å². The van der Waals surface area contributed by atoms with E-state index in [9.17, 15) is 9.90 Å². The number of hydrogen-bond donors (Lipinski definition) is 1. The predicted molar refractivity (Wildman–Crippen MR) is 88.9 cm³/mol. The highest BCUT2D eigenvalue weighted by Crippen LogP contribution is 2.34. The van der Waals surface area contributed by atoms with Crippen LogP contribution < -0.4 is 4.74 Å². The van der Waals surface area contributed by atoms with Crippen molar-refractivity contribution in [3.05, 3.63) is 53.1 Å². The Morgan fingerprint density at radius 1 is 1.29 bits per heavy atom. The van der Waals surface area contributed by atoms with Gasteiger partial charge in [-0.3, -0.25) is 4.79 Å². The van der Waals surface area contributed by atoms with Crippen LogP contribution in [0.25, 0.3) is 0 Å². The van der Waals surface area contributed by atoms with E-state index in [4.69, 9.17) is 4.74 Å². The highest BCUT2D eigenvalue weighted by atomic mass is 16.5. The van der Waals surface area contributed by atoms with Crippen molar-refractivity contribution in [3.8, 4) is 5.75 Å². The van der Waals surface area contributed by atoms with Crippen LogP contribution in [-0.4, -0.2) is 45.6 Å². The maximum atomic E-state index is 12.9. The van der Waals surface area contributed by atoms with Gasteiger partial charge >= 0.3 is 0 Å². The first-order valence-corrected chi connectivity index (χ1v) is 7.93. The summed E-state index contributed by atoms with van der Waals surface area (Å²) in [6, 6.07) is 9.08. The fourth-order valence-electron chi connectivity index (χ4n) is 3.18. The second-order valence-electron chi connectivity index (χ2n) is 6.08. The van der Waals surface area contributed by atoms with Crippen molar-refractivity contribution >= 4 is 5.91 Å².